The molecule has 0 bridgehead atoms. The van der Waals surface area contributed by atoms with E-state index in [1.54, 1.807) is 6.92 Å². The maximum absolute atomic E-state index is 11.6. The van der Waals surface area contributed by atoms with E-state index < -0.39 is 0 Å². The molecule has 3 atom stereocenters. The fourth-order valence-corrected chi connectivity index (χ4v) is 1.73. The third kappa shape index (κ3) is 2.56. The number of carbonyl (C=O) groups is 2. The van der Waals surface area contributed by atoms with Crippen molar-refractivity contribution < 1.29 is 9.59 Å². The fourth-order valence-electron chi connectivity index (χ4n) is 1.73. The van der Waals surface area contributed by atoms with Crippen molar-refractivity contribution in [3.8, 4) is 0 Å². The van der Waals surface area contributed by atoms with Gasteiger partial charge in [-0.3, -0.25) is 14.5 Å². The van der Waals surface area contributed by atoms with Crippen LogP contribution in [-0.4, -0.2) is 29.3 Å². The summed E-state index contributed by atoms with van der Waals surface area (Å²) in [5, 5.41) is 0. The Morgan fingerprint density at radius 2 is 2.13 bits per heavy atom. The number of rotatable bonds is 4. The van der Waals surface area contributed by atoms with E-state index >= 15 is 0 Å². The average molecular weight is 212 g/mol. The highest BCUT2D eigenvalue weighted by molar-refractivity contribution is 6.03. The van der Waals surface area contributed by atoms with Crippen LogP contribution in [0.3, 0.4) is 0 Å². The van der Waals surface area contributed by atoms with Crippen LogP contribution in [0.2, 0.25) is 0 Å². The number of likely N-dealkylation sites (tertiary alicyclic amines) is 1. The first-order valence-electron chi connectivity index (χ1n) is 5.57. The molecule has 4 heteroatoms. The lowest BCUT2D eigenvalue weighted by Gasteiger charge is -2.23. The van der Waals surface area contributed by atoms with Gasteiger partial charge in [-0.1, -0.05) is 27.2 Å². The van der Waals surface area contributed by atoms with Crippen molar-refractivity contribution in [3.05, 3.63) is 0 Å². The molecule has 1 heterocycles. The zero-order chi connectivity index (χ0) is 11.6. The number of hydrogen-bond donors (Lipinski definition) is 1. The quantitative estimate of drug-likeness (QED) is 0.700. The summed E-state index contributed by atoms with van der Waals surface area (Å²) in [7, 11) is 0. The van der Waals surface area contributed by atoms with Crippen LogP contribution in [-0.2, 0) is 9.59 Å². The summed E-state index contributed by atoms with van der Waals surface area (Å²) in [4.78, 5) is 24.4. The Kier molecular flexibility index (Phi) is 3.85. The lowest BCUT2D eigenvalue weighted by molar-refractivity contribution is -0.139. The molecule has 4 nitrogen and oxygen atoms in total. The molecule has 0 radical (unpaired) electrons. The predicted octanol–water partition coefficient (Wildman–Crippen LogP) is 0.755. The van der Waals surface area contributed by atoms with Crippen LogP contribution in [0.4, 0.5) is 0 Å². The van der Waals surface area contributed by atoms with Crippen LogP contribution >= 0.6 is 0 Å². The van der Waals surface area contributed by atoms with E-state index in [9.17, 15) is 9.59 Å². The summed E-state index contributed by atoms with van der Waals surface area (Å²) < 4.78 is 0. The zero-order valence-corrected chi connectivity index (χ0v) is 9.69. The van der Waals surface area contributed by atoms with E-state index in [2.05, 4.69) is 6.92 Å². The molecular weight excluding hydrogens is 192 g/mol. The smallest absolute Gasteiger partial charge is 0.232 e. The molecule has 1 fully saturated rings. The molecule has 15 heavy (non-hydrogen) atoms. The highest BCUT2D eigenvalue weighted by atomic mass is 16.2. The fraction of sp³-hybridized carbons (Fsp3) is 0.818. The number of amides is 2. The lowest BCUT2D eigenvalue weighted by Crippen LogP contribution is -2.44. The van der Waals surface area contributed by atoms with Crippen molar-refractivity contribution in [1.29, 1.82) is 0 Å². The maximum atomic E-state index is 11.6. The van der Waals surface area contributed by atoms with Crippen LogP contribution in [0, 0.1) is 11.8 Å². The Balaban J connectivity index is 2.58. The van der Waals surface area contributed by atoms with Gasteiger partial charge in [-0.25, -0.2) is 0 Å². The zero-order valence-electron chi connectivity index (χ0n) is 9.69. The van der Waals surface area contributed by atoms with Gasteiger partial charge >= 0.3 is 0 Å². The lowest BCUT2D eigenvalue weighted by atomic mass is 10.00. The molecule has 2 amide bonds. The van der Waals surface area contributed by atoms with Crippen LogP contribution in [0.25, 0.3) is 0 Å². The first kappa shape index (κ1) is 12.2. The SMILES string of the molecule is CCC(C)C(N)CN1C(=O)CC(C)C1=O. The van der Waals surface area contributed by atoms with E-state index in [1.165, 1.54) is 4.90 Å². The Morgan fingerprint density at radius 3 is 2.53 bits per heavy atom. The van der Waals surface area contributed by atoms with E-state index in [0.717, 1.165) is 6.42 Å². The molecule has 3 unspecified atom stereocenters. The average Bonchev–Trinajstić information content (AvgIpc) is 2.43. The van der Waals surface area contributed by atoms with Crippen LogP contribution in [0.5, 0.6) is 0 Å². The molecule has 0 aromatic carbocycles. The summed E-state index contributed by atoms with van der Waals surface area (Å²) in [6.45, 7) is 6.26. The Morgan fingerprint density at radius 1 is 1.53 bits per heavy atom. The molecule has 1 rings (SSSR count). The Hall–Kier alpha value is -0.900. The number of imide groups is 1. The standard InChI is InChI=1S/C11H20N2O2/c1-4-7(2)9(12)6-13-10(14)5-8(3)11(13)15/h7-9H,4-6,12H2,1-3H3. The molecule has 1 saturated heterocycles. The van der Waals surface area contributed by atoms with Crippen LogP contribution in [0.15, 0.2) is 0 Å². The van der Waals surface area contributed by atoms with Gasteiger partial charge in [-0.05, 0) is 5.92 Å². The second-order valence-electron chi connectivity index (χ2n) is 4.50. The predicted molar refractivity (Wildman–Crippen MR) is 57.9 cm³/mol. The first-order valence-corrected chi connectivity index (χ1v) is 5.57. The van der Waals surface area contributed by atoms with Crippen molar-refractivity contribution in [2.45, 2.75) is 39.7 Å². The summed E-state index contributed by atoms with van der Waals surface area (Å²) in [5.41, 5.74) is 5.93. The summed E-state index contributed by atoms with van der Waals surface area (Å²) in [5.74, 6) is 0.0214. The summed E-state index contributed by atoms with van der Waals surface area (Å²) >= 11 is 0. The number of hydrogen-bond acceptors (Lipinski definition) is 3. The Bertz CT molecular complexity index is 265. The molecule has 1 aliphatic heterocycles. The van der Waals surface area contributed by atoms with E-state index in [1.807, 2.05) is 6.92 Å². The van der Waals surface area contributed by atoms with Crippen molar-refractivity contribution in [2.75, 3.05) is 6.54 Å². The molecule has 0 spiro atoms. The summed E-state index contributed by atoms with van der Waals surface area (Å²) in [6.07, 6.45) is 1.30. The van der Waals surface area contributed by atoms with Gasteiger partial charge in [0, 0.05) is 24.9 Å². The minimum Gasteiger partial charge on any atom is -0.326 e. The minimum atomic E-state index is -0.165. The van der Waals surface area contributed by atoms with Gasteiger partial charge in [0.05, 0.1) is 0 Å². The van der Waals surface area contributed by atoms with Crippen molar-refractivity contribution in [3.63, 3.8) is 0 Å². The van der Waals surface area contributed by atoms with Crippen molar-refractivity contribution in [1.82, 2.24) is 4.90 Å². The maximum Gasteiger partial charge on any atom is 0.232 e. The molecule has 0 aromatic rings. The van der Waals surface area contributed by atoms with Crippen LogP contribution < -0.4 is 5.73 Å². The van der Waals surface area contributed by atoms with Gasteiger partial charge in [-0.15, -0.1) is 0 Å². The molecule has 0 saturated carbocycles. The largest absolute Gasteiger partial charge is 0.326 e. The molecule has 2 N–H and O–H groups in total. The number of nitrogens with two attached hydrogens (primary N) is 1. The van der Waals surface area contributed by atoms with Crippen molar-refractivity contribution >= 4 is 11.8 Å². The third-order valence-electron chi connectivity index (χ3n) is 3.24. The van der Waals surface area contributed by atoms with Gasteiger partial charge in [0.1, 0.15) is 0 Å². The monoisotopic (exact) mass is 212 g/mol. The normalized spacial score (nSPS) is 25.9. The molecular formula is C11H20N2O2. The highest BCUT2D eigenvalue weighted by Gasteiger charge is 2.36. The molecule has 0 aromatic heterocycles. The molecule has 0 aliphatic carbocycles. The van der Waals surface area contributed by atoms with E-state index in [0.29, 0.717) is 18.9 Å². The Labute approximate surface area is 90.8 Å². The van der Waals surface area contributed by atoms with Gasteiger partial charge in [-0.2, -0.15) is 0 Å². The van der Waals surface area contributed by atoms with Crippen LogP contribution in [0.1, 0.15) is 33.6 Å². The highest BCUT2D eigenvalue weighted by Crippen LogP contribution is 2.20. The molecule has 86 valence electrons. The number of carbonyl (C=O) groups excluding carboxylic acids is 2. The van der Waals surface area contributed by atoms with Gasteiger partial charge in [0.2, 0.25) is 11.8 Å². The van der Waals surface area contributed by atoms with Gasteiger partial charge < -0.3 is 5.73 Å². The number of nitrogens with zero attached hydrogens (tertiary/aromatic N) is 1. The minimum absolute atomic E-state index is 0.0706. The van der Waals surface area contributed by atoms with Crippen molar-refractivity contribution in [2.24, 2.45) is 17.6 Å². The first-order chi connectivity index (χ1) is 6.97. The second-order valence-corrected chi connectivity index (χ2v) is 4.50. The summed E-state index contributed by atoms with van der Waals surface area (Å²) in [6, 6.07) is -0.104. The van der Waals surface area contributed by atoms with E-state index in [4.69, 9.17) is 5.73 Å². The van der Waals surface area contributed by atoms with E-state index in [-0.39, 0.29) is 23.8 Å². The second kappa shape index (κ2) is 4.75. The van der Waals surface area contributed by atoms with Gasteiger partial charge in [0.15, 0.2) is 0 Å². The molecule has 1 aliphatic rings. The topological polar surface area (TPSA) is 63.4 Å². The third-order valence-corrected chi connectivity index (χ3v) is 3.24. The van der Waals surface area contributed by atoms with Gasteiger partial charge in [0.25, 0.3) is 0 Å².